The second kappa shape index (κ2) is 4.45. The molecule has 1 rings (SSSR count). The Morgan fingerprint density at radius 3 is 2.92 bits per heavy atom. The van der Waals surface area contributed by atoms with Gasteiger partial charge in [0.1, 0.15) is 0 Å². The van der Waals surface area contributed by atoms with Crippen LogP contribution in [0.1, 0.15) is 26.7 Å². The molecule has 1 amide bonds. The fraction of sp³-hybridized carbons (Fsp3) is 0.889. The first-order chi connectivity index (χ1) is 5.75. The zero-order valence-corrected chi connectivity index (χ0v) is 7.89. The molecule has 0 radical (unpaired) electrons. The number of hydrogen-bond donors (Lipinski definition) is 2. The van der Waals surface area contributed by atoms with Crippen LogP contribution in [0.2, 0.25) is 0 Å². The molecule has 1 saturated heterocycles. The summed E-state index contributed by atoms with van der Waals surface area (Å²) in [4.78, 5) is 11.0. The Balaban J connectivity index is 2.10. The Hall–Kier alpha value is -0.570. The van der Waals surface area contributed by atoms with E-state index in [0.29, 0.717) is 6.04 Å². The van der Waals surface area contributed by atoms with Crippen LogP contribution in [0, 0.1) is 5.92 Å². The van der Waals surface area contributed by atoms with Crippen molar-refractivity contribution in [2.45, 2.75) is 32.7 Å². The molecule has 1 aliphatic heterocycles. The molecule has 0 aromatic heterocycles. The van der Waals surface area contributed by atoms with Gasteiger partial charge < -0.3 is 10.6 Å². The summed E-state index contributed by atoms with van der Waals surface area (Å²) < 4.78 is 0. The summed E-state index contributed by atoms with van der Waals surface area (Å²) in [6, 6.07) is 0.338. The highest BCUT2D eigenvalue weighted by molar-refractivity contribution is 5.85. The second-order valence-corrected chi connectivity index (χ2v) is 3.45. The van der Waals surface area contributed by atoms with E-state index in [1.54, 1.807) is 0 Å². The van der Waals surface area contributed by atoms with Gasteiger partial charge in [0, 0.05) is 12.6 Å². The van der Waals surface area contributed by atoms with Crippen LogP contribution in [0.4, 0.5) is 0 Å². The quantitative estimate of drug-likeness (QED) is 0.466. The number of β-lactam (4-membered cyclic amide) rings is 1. The van der Waals surface area contributed by atoms with Crippen molar-refractivity contribution >= 4 is 5.91 Å². The summed E-state index contributed by atoms with van der Waals surface area (Å²) in [5.41, 5.74) is 0. The molecule has 1 aliphatic rings. The molecule has 3 nitrogen and oxygen atoms in total. The molecule has 0 bridgehead atoms. The highest BCUT2D eigenvalue weighted by Gasteiger charge is 2.32. The van der Waals surface area contributed by atoms with E-state index in [2.05, 4.69) is 24.5 Å². The normalized spacial score (nSPS) is 24.5. The minimum Gasteiger partial charge on any atom is -0.355 e. The number of hydrogen-bond acceptors (Lipinski definition) is 2. The van der Waals surface area contributed by atoms with Gasteiger partial charge in [-0.15, -0.1) is 0 Å². The summed E-state index contributed by atoms with van der Waals surface area (Å²) in [5, 5.41) is 6.11. The topological polar surface area (TPSA) is 41.1 Å². The number of amides is 1. The van der Waals surface area contributed by atoms with Gasteiger partial charge in [-0.2, -0.15) is 0 Å². The fourth-order valence-electron chi connectivity index (χ4n) is 1.36. The molecule has 0 aromatic rings. The standard InChI is InChI=1S/C9H18N2O/c1-3-4-5-10-7(2)8-6-11-9(8)12/h7-8,10H,3-6H2,1-2H3,(H,11,12)/t7-,8-/m1/s1. The Morgan fingerprint density at radius 2 is 2.50 bits per heavy atom. The van der Waals surface area contributed by atoms with Crippen molar-refractivity contribution in [1.82, 2.24) is 10.6 Å². The maximum Gasteiger partial charge on any atom is 0.226 e. The lowest BCUT2D eigenvalue weighted by Gasteiger charge is -2.31. The van der Waals surface area contributed by atoms with Gasteiger partial charge in [-0.3, -0.25) is 4.79 Å². The minimum absolute atomic E-state index is 0.200. The minimum atomic E-state index is 0.200. The molecular weight excluding hydrogens is 152 g/mol. The van der Waals surface area contributed by atoms with E-state index in [9.17, 15) is 4.79 Å². The van der Waals surface area contributed by atoms with Crippen molar-refractivity contribution in [1.29, 1.82) is 0 Å². The largest absolute Gasteiger partial charge is 0.355 e. The zero-order chi connectivity index (χ0) is 8.97. The Kier molecular flexibility index (Phi) is 3.53. The van der Waals surface area contributed by atoms with E-state index >= 15 is 0 Å². The maximum atomic E-state index is 11.0. The van der Waals surface area contributed by atoms with Crippen molar-refractivity contribution < 1.29 is 4.79 Å². The number of carbonyl (C=O) groups is 1. The summed E-state index contributed by atoms with van der Waals surface area (Å²) in [7, 11) is 0. The molecule has 1 heterocycles. The first kappa shape index (κ1) is 9.52. The van der Waals surface area contributed by atoms with Crippen LogP contribution in [0.15, 0.2) is 0 Å². The monoisotopic (exact) mass is 170 g/mol. The van der Waals surface area contributed by atoms with Gasteiger partial charge in [-0.25, -0.2) is 0 Å². The van der Waals surface area contributed by atoms with Crippen LogP contribution in [-0.4, -0.2) is 25.0 Å². The van der Waals surface area contributed by atoms with E-state index in [0.717, 1.165) is 13.1 Å². The third-order valence-corrected chi connectivity index (χ3v) is 2.43. The van der Waals surface area contributed by atoms with E-state index in [1.807, 2.05) is 0 Å². The Labute approximate surface area is 73.9 Å². The van der Waals surface area contributed by atoms with Gasteiger partial charge >= 0.3 is 0 Å². The second-order valence-electron chi connectivity index (χ2n) is 3.45. The summed E-state index contributed by atoms with van der Waals surface area (Å²) >= 11 is 0. The van der Waals surface area contributed by atoms with Crippen molar-refractivity contribution in [3.8, 4) is 0 Å². The van der Waals surface area contributed by atoms with Gasteiger partial charge in [-0.1, -0.05) is 13.3 Å². The van der Waals surface area contributed by atoms with Gasteiger partial charge in [0.2, 0.25) is 5.91 Å². The predicted octanol–water partition coefficient (Wildman–Crippen LogP) is 0.511. The number of rotatable bonds is 5. The molecule has 0 saturated carbocycles. The van der Waals surface area contributed by atoms with Gasteiger partial charge in [0.15, 0.2) is 0 Å². The van der Waals surface area contributed by atoms with Crippen LogP contribution in [-0.2, 0) is 4.79 Å². The van der Waals surface area contributed by atoms with E-state index in [-0.39, 0.29) is 11.8 Å². The van der Waals surface area contributed by atoms with Crippen LogP contribution >= 0.6 is 0 Å². The molecule has 70 valence electrons. The molecule has 3 heteroatoms. The van der Waals surface area contributed by atoms with E-state index < -0.39 is 0 Å². The van der Waals surface area contributed by atoms with Gasteiger partial charge in [0.25, 0.3) is 0 Å². The molecule has 1 fully saturated rings. The lowest BCUT2D eigenvalue weighted by molar-refractivity contribution is -0.132. The average molecular weight is 170 g/mol. The predicted molar refractivity (Wildman–Crippen MR) is 48.9 cm³/mol. The van der Waals surface area contributed by atoms with Crippen molar-refractivity contribution in [2.24, 2.45) is 5.92 Å². The van der Waals surface area contributed by atoms with E-state index in [4.69, 9.17) is 0 Å². The maximum absolute atomic E-state index is 11.0. The third kappa shape index (κ3) is 2.21. The number of carbonyl (C=O) groups excluding carboxylic acids is 1. The van der Waals surface area contributed by atoms with Crippen LogP contribution in [0.5, 0.6) is 0 Å². The summed E-state index contributed by atoms with van der Waals surface area (Å²) in [5.74, 6) is 0.411. The van der Waals surface area contributed by atoms with Crippen LogP contribution in [0.3, 0.4) is 0 Å². The lowest BCUT2D eigenvalue weighted by atomic mass is 9.94. The fourth-order valence-corrected chi connectivity index (χ4v) is 1.36. The molecule has 0 spiro atoms. The number of nitrogens with one attached hydrogen (secondary N) is 2. The lowest BCUT2D eigenvalue weighted by Crippen LogP contribution is -2.56. The van der Waals surface area contributed by atoms with Crippen molar-refractivity contribution in [2.75, 3.05) is 13.1 Å². The highest BCUT2D eigenvalue weighted by atomic mass is 16.2. The molecule has 2 N–H and O–H groups in total. The van der Waals surface area contributed by atoms with Crippen molar-refractivity contribution in [3.05, 3.63) is 0 Å². The molecule has 12 heavy (non-hydrogen) atoms. The average Bonchev–Trinajstić information content (AvgIpc) is 2.02. The number of unbranched alkanes of at least 4 members (excludes halogenated alkanes) is 1. The van der Waals surface area contributed by atoms with Crippen LogP contribution < -0.4 is 10.6 Å². The molecule has 2 atom stereocenters. The van der Waals surface area contributed by atoms with Gasteiger partial charge in [-0.05, 0) is 19.9 Å². The molecular formula is C9H18N2O. The Morgan fingerprint density at radius 1 is 1.75 bits per heavy atom. The Bertz CT molecular complexity index is 159. The summed E-state index contributed by atoms with van der Waals surface area (Å²) in [6.07, 6.45) is 2.40. The smallest absolute Gasteiger partial charge is 0.226 e. The van der Waals surface area contributed by atoms with Crippen molar-refractivity contribution in [3.63, 3.8) is 0 Å². The summed E-state index contributed by atoms with van der Waals surface area (Å²) in [6.45, 7) is 6.13. The first-order valence-electron chi connectivity index (χ1n) is 4.76. The van der Waals surface area contributed by atoms with Crippen LogP contribution in [0.25, 0.3) is 0 Å². The van der Waals surface area contributed by atoms with Gasteiger partial charge in [0.05, 0.1) is 5.92 Å². The highest BCUT2D eigenvalue weighted by Crippen LogP contribution is 2.10. The SMILES string of the molecule is CCCCN[C@H](C)[C@H]1CNC1=O. The first-order valence-corrected chi connectivity index (χ1v) is 4.76. The molecule has 0 unspecified atom stereocenters. The molecule has 0 aromatic carbocycles. The zero-order valence-electron chi connectivity index (χ0n) is 7.89. The molecule has 0 aliphatic carbocycles. The van der Waals surface area contributed by atoms with E-state index in [1.165, 1.54) is 12.8 Å². The third-order valence-electron chi connectivity index (χ3n) is 2.43.